The molecule has 6 nitrogen and oxygen atoms in total. The predicted molar refractivity (Wildman–Crippen MR) is 82.1 cm³/mol. The number of aliphatic hydroxyl groups excluding tert-OH is 1. The van der Waals surface area contributed by atoms with Crippen molar-refractivity contribution in [3.8, 4) is 0 Å². The van der Waals surface area contributed by atoms with Crippen LogP contribution in [0.25, 0.3) is 11.0 Å². The van der Waals surface area contributed by atoms with Crippen molar-refractivity contribution in [1.82, 2.24) is 19.9 Å². The number of hydrogen-bond donors (Lipinski definition) is 3. The van der Waals surface area contributed by atoms with Gasteiger partial charge in [0.2, 0.25) is 0 Å². The van der Waals surface area contributed by atoms with E-state index in [2.05, 4.69) is 26.8 Å². The van der Waals surface area contributed by atoms with Crippen LogP contribution in [0.4, 0.5) is 0 Å². The first-order valence-electron chi connectivity index (χ1n) is 6.59. The lowest BCUT2D eigenvalue weighted by Gasteiger charge is -2.25. The SMILES string of the molecule is CCSC[C@@H](CO)N(C)Cc1c[nH]c2c(=O)[nH]cnc12. The number of aromatic amines is 2. The zero-order chi connectivity index (χ0) is 14.5. The van der Waals surface area contributed by atoms with Gasteiger partial charge in [0.15, 0.2) is 0 Å². The first-order valence-corrected chi connectivity index (χ1v) is 7.75. The second kappa shape index (κ2) is 6.92. The first kappa shape index (κ1) is 15.1. The van der Waals surface area contributed by atoms with Crippen molar-refractivity contribution >= 4 is 22.8 Å². The number of fused-ring (bicyclic) bond motifs is 1. The summed E-state index contributed by atoms with van der Waals surface area (Å²) in [6, 6.07) is 0.104. The highest BCUT2D eigenvalue weighted by atomic mass is 32.2. The van der Waals surface area contributed by atoms with Gasteiger partial charge >= 0.3 is 0 Å². The second-order valence-electron chi connectivity index (χ2n) is 4.68. The van der Waals surface area contributed by atoms with Crippen LogP contribution in [0, 0.1) is 0 Å². The number of H-pyrrole nitrogens is 2. The molecule has 0 saturated heterocycles. The van der Waals surface area contributed by atoms with Crippen molar-refractivity contribution < 1.29 is 5.11 Å². The average Bonchev–Trinajstić information content (AvgIpc) is 2.84. The van der Waals surface area contributed by atoms with E-state index >= 15 is 0 Å². The van der Waals surface area contributed by atoms with Crippen LogP contribution in [0.2, 0.25) is 0 Å². The quantitative estimate of drug-likeness (QED) is 0.703. The molecule has 3 N–H and O–H groups in total. The standard InChI is InChI=1S/C13H20N4O2S/c1-3-20-7-10(6-18)17(2)5-9-4-14-12-11(9)15-8-16-13(12)19/h4,8,10,14,18H,3,5-7H2,1-2H3,(H,15,16,19)/t10-/m1/s1. The molecule has 0 saturated carbocycles. The van der Waals surface area contributed by atoms with E-state index < -0.39 is 0 Å². The fraction of sp³-hybridized carbons (Fsp3) is 0.538. The van der Waals surface area contributed by atoms with Crippen LogP contribution in [0.3, 0.4) is 0 Å². The van der Waals surface area contributed by atoms with Crippen molar-refractivity contribution in [2.75, 3.05) is 25.2 Å². The van der Waals surface area contributed by atoms with E-state index in [9.17, 15) is 9.90 Å². The maximum Gasteiger partial charge on any atom is 0.275 e. The van der Waals surface area contributed by atoms with Crippen molar-refractivity contribution in [3.05, 3.63) is 28.4 Å². The summed E-state index contributed by atoms with van der Waals surface area (Å²) in [5.41, 5.74) is 2.00. The number of hydrogen-bond acceptors (Lipinski definition) is 5. The molecular formula is C13H20N4O2S. The second-order valence-corrected chi connectivity index (χ2v) is 6.00. The van der Waals surface area contributed by atoms with Gasteiger partial charge in [-0.3, -0.25) is 9.69 Å². The molecule has 0 spiro atoms. The minimum Gasteiger partial charge on any atom is -0.395 e. The number of aliphatic hydroxyl groups is 1. The Morgan fingerprint density at radius 2 is 2.30 bits per heavy atom. The summed E-state index contributed by atoms with van der Waals surface area (Å²) < 4.78 is 0. The zero-order valence-corrected chi connectivity index (χ0v) is 12.5. The molecule has 0 aliphatic carbocycles. The van der Waals surface area contributed by atoms with Gasteiger partial charge < -0.3 is 15.1 Å². The zero-order valence-electron chi connectivity index (χ0n) is 11.7. The van der Waals surface area contributed by atoms with Crippen LogP contribution in [-0.2, 0) is 6.54 Å². The smallest absolute Gasteiger partial charge is 0.275 e. The molecule has 0 aliphatic heterocycles. The third kappa shape index (κ3) is 3.23. The first-order chi connectivity index (χ1) is 9.67. The molecule has 2 aromatic heterocycles. The predicted octanol–water partition coefficient (Wildman–Crippen LogP) is 0.797. The van der Waals surface area contributed by atoms with Crippen LogP contribution < -0.4 is 5.56 Å². The summed E-state index contributed by atoms with van der Waals surface area (Å²) in [4.78, 5) is 23.4. The lowest BCUT2D eigenvalue weighted by molar-refractivity contribution is 0.157. The summed E-state index contributed by atoms with van der Waals surface area (Å²) in [6.07, 6.45) is 3.23. The van der Waals surface area contributed by atoms with Crippen LogP contribution in [0.1, 0.15) is 12.5 Å². The minimum absolute atomic E-state index is 0.104. The van der Waals surface area contributed by atoms with Crippen molar-refractivity contribution in [2.45, 2.75) is 19.5 Å². The largest absolute Gasteiger partial charge is 0.395 e. The van der Waals surface area contributed by atoms with Gasteiger partial charge in [-0.15, -0.1) is 0 Å². The maximum absolute atomic E-state index is 11.6. The normalized spacial score (nSPS) is 13.2. The van der Waals surface area contributed by atoms with Crippen LogP contribution in [0.15, 0.2) is 17.3 Å². The molecule has 20 heavy (non-hydrogen) atoms. The van der Waals surface area contributed by atoms with Gasteiger partial charge in [-0.25, -0.2) is 4.98 Å². The molecule has 2 rings (SSSR count). The third-order valence-corrected chi connectivity index (χ3v) is 4.34. The summed E-state index contributed by atoms with van der Waals surface area (Å²) >= 11 is 1.81. The molecule has 2 aromatic rings. The monoisotopic (exact) mass is 296 g/mol. The van der Waals surface area contributed by atoms with E-state index in [-0.39, 0.29) is 18.2 Å². The van der Waals surface area contributed by atoms with Gasteiger partial charge in [0.05, 0.1) is 18.5 Å². The molecule has 0 unspecified atom stereocenters. The Balaban J connectivity index is 2.15. The molecule has 0 radical (unpaired) electrons. The molecule has 0 fully saturated rings. The average molecular weight is 296 g/mol. The number of rotatable bonds is 7. The minimum atomic E-state index is -0.163. The third-order valence-electron chi connectivity index (χ3n) is 3.32. The Morgan fingerprint density at radius 1 is 1.50 bits per heavy atom. The number of nitrogens with one attached hydrogen (secondary N) is 2. The van der Waals surface area contributed by atoms with Crippen molar-refractivity contribution in [2.24, 2.45) is 0 Å². The molecular weight excluding hydrogens is 276 g/mol. The van der Waals surface area contributed by atoms with E-state index in [0.29, 0.717) is 17.6 Å². The molecule has 0 amide bonds. The van der Waals surface area contributed by atoms with Gasteiger partial charge in [-0.05, 0) is 12.8 Å². The van der Waals surface area contributed by atoms with Crippen molar-refractivity contribution in [1.29, 1.82) is 0 Å². The molecule has 7 heteroatoms. The van der Waals surface area contributed by atoms with Crippen LogP contribution >= 0.6 is 11.8 Å². The summed E-state index contributed by atoms with van der Waals surface area (Å²) in [5, 5.41) is 9.48. The fourth-order valence-electron chi connectivity index (χ4n) is 2.10. The van der Waals surface area contributed by atoms with Gasteiger partial charge in [0.25, 0.3) is 5.56 Å². The Labute approximate surface area is 121 Å². The number of likely N-dealkylation sites (N-methyl/N-ethyl adjacent to an activating group) is 1. The number of aromatic nitrogens is 3. The molecule has 2 heterocycles. The number of nitrogens with zero attached hydrogens (tertiary/aromatic N) is 2. The highest BCUT2D eigenvalue weighted by Crippen LogP contribution is 2.16. The fourth-order valence-corrected chi connectivity index (χ4v) is 2.96. The highest BCUT2D eigenvalue weighted by molar-refractivity contribution is 7.99. The molecule has 0 aromatic carbocycles. The van der Waals surface area contributed by atoms with Gasteiger partial charge in [-0.2, -0.15) is 11.8 Å². The Hall–Kier alpha value is -1.31. The lowest BCUT2D eigenvalue weighted by atomic mass is 10.2. The summed E-state index contributed by atoms with van der Waals surface area (Å²) in [6.45, 7) is 2.88. The molecule has 1 atom stereocenters. The summed E-state index contributed by atoms with van der Waals surface area (Å²) in [7, 11) is 1.98. The van der Waals surface area contributed by atoms with E-state index in [1.54, 1.807) is 0 Å². The molecule has 0 aliphatic rings. The topological polar surface area (TPSA) is 85.0 Å². The lowest BCUT2D eigenvalue weighted by Crippen LogP contribution is -2.36. The Morgan fingerprint density at radius 3 is 3.00 bits per heavy atom. The van der Waals surface area contributed by atoms with Gasteiger partial charge in [0, 0.05) is 30.1 Å². The van der Waals surface area contributed by atoms with E-state index in [4.69, 9.17) is 0 Å². The van der Waals surface area contributed by atoms with E-state index in [0.717, 1.165) is 17.1 Å². The highest BCUT2D eigenvalue weighted by Gasteiger charge is 2.16. The number of thioether (sulfide) groups is 1. The maximum atomic E-state index is 11.6. The van der Waals surface area contributed by atoms with Crippen LogP contribution in [0.5, 0.6) is 0 Å². The Kier molecular flexibility index (Phi) is 5.22. The summed E-state index contributed by atoms with van der Waals surface area (Å²) in [5.74, 6) is 1.92. The molecule has 0 bridgehead atoms. The van der Waals surface area contributed by atoms with E-state index in [1.807, 2.05) is 25.0 Å². The van der Waals surface area contributed by atoms with E-state index in [1.165, 1.54) is 6.33 Å². The molecule has 110 valence electrons. The van der Waals surface area contributed by atoms with Crippen LogP contribution in [-0.4, -0.2) is 56.2 Å². The van der Waals surface area contributed by atoms with Gasteiger partial charge in [0.1, 0.15) is 5.52 Å². The van der Waals surface area contributed by atoms with Crippen molar-refractivity contribution in [3.63, 3.8) is 0 Å². The Bertz CT molecular complexity index is 610. The van der Waals surface area contributed by atoms with Gasteiger partial charge in [-0.1, -0.05) is 6.92 Å².